The first-order valence-corrected chi connectivity index (χ1v) is 6.76. The summed E-state index contributed by atoms with van der Waals surface area (Å²) in [4.78, 5) is 0. The van der Waals surface area contributed by atoms with Gasteiger partial charge in [0, 0.05) is 19.1 Å². The maximum Gasteiger partial charge on any atom is 0.00793 e. The number of hydrogen-bond acceptors (Lipinski definition) is 2. The minimum atomic E-state index is 0.830. The predicted octanol–water partition coefficient (Wildman–Crippen LogP) is 2.19. The lowest BCUT2D eigenvalue weighted by Gasteiger charge is -2.07. The van der Waals surface area contributed by atoms with Crippen LogP contribution in [0.15, 0.2) is 18.2 Å². The number of benzene rings is 1. The van der Waals surface area contributed by atoms with Gasteiger partial charge in [0.05, 0.1) is 0 Å². The van der Waals surface area contributed by atoms with E-state index in [-0.39, 0.29) is 0 Å². The summed E-state index contributed by atoms with van der Waals surface area (Å²) in [6.07, 6.45) is 3.88. The Morgan fingerprint density at radius 1 is 1.06 bits per heavy atom. The third-order valence-corrected chi connectivity index (χ3v) is 3.47. The molecule has 0 saturated heterocycles. The van der Waals surface area contributed by atoms with Crippen LogP contribution in [0.5, 0.6) is 0 Å². The molecule has 1 aromatic carbocycles. The van der Waals surface area contributed by atoms with Gasteiger partial charge in [0.15, 0.2) is 0 Å². The molecule has 2 heteroatoms. The van der Waals surface area contributed by atoms with Crippen molar-refractivity contribution in [2.45, 2.75) is 39.2 Å². The van der Waals surface area contributed by atoms with E-state index in [2.05, 4.69) is 42.7 Å². The van der Waals surface area contributed by atoms with Gasteiger partial charge in [-0.3, -0.25) is 0 Å². The lowest BCUT2D eigenvalue weighted by Crippen LogP contribution is -2.29. The van der Waals surface area contributed by atoms with Crippen molar-refractivity contribution < 1.29 is 0 Å². The second kappa shape index (κ2) is 6.18. The summed E-state index contributed by atoms with van der Waals surface area (Å²) in [5, 5.41) is 7.00. The standard InChI is InChI=1S/C15H24N2/c1-12-3-4-14(11-13(12)2)7-8-16-9-10-17-15-5-6-15/h3-4,11,15-17H,5-10H2,1-2H3. The summed E-state index contributed by atoms with van der Waals surface area (Å²) in [7, 11) is 0. The van der Waals surface area contributed by atoms with Crippen LogP contribution < -0.4 is 10.6 Å². The van der Waals surface area contributed by atoms with Gasteiger partial charge in [-0.1, -0.05) is 18.2 Å². The summed E-state index contributed by atoms with van der Waals surface area (Å²) >= 11 is 0. The summed E-state index contributed by atoms with van der Waals surface area (Å²) in [6.45, 7) is 7.63. The molecule has 0 heterocycles. The maximum absolute atomic E-state index is 3.51. The van der Waals surface area contributed by atoms with Crippen LogP contribution in [0.3, 0.4) is 0 Å². The molecule has 0 spiro atoms. The van der Waals surface area contributed by atoms with E-state index in [0.29, 0.717) is 0 Å². The van der Waals surface area contributed by atoms with Crippen LogP contribution in [0.4, 0.5) is 0 Å². The van der Waals surface area contributed by atoms with E-state index in [0.717, 1.165) is 32.1 Å². The Hall–Kier alpha value is -0.860. The summed E-state index contributed by atoms with van der Waals surface area (Å²) in [5.41, 5.74) is 4.23. The molecule has 1 aliphatic rings. The minimum absolute atomic E-state index is 0.830. The predicted molar refractivity (Wildman–Crippen MR) is 73.5 cm³/mol. The molecule has 0 aliphatic heterocycles. The van der Waals surface area contributed by atoms with E-state index < -0.39 is 0 Å². The zero-order chi connectivity index (χ0) is 12.1. The Labute approximate surface area is 105 Å². The highest BCUT2D eigenvalue weighted by atomic mass is 15.0. The zero-order valence-corrected chi connectivity index (χ0v) is 11.1. The van der Waals surface area contributed by atoms with E-state index >= 15 is 0 Å². The molecule has 0 amide bonds. The highest BCUT2D eigenvalue weighted by Gasteiger charge is 2.19. The average Bonchev–Trinajstić information content (AvgIpc) is 3.12. The van der Waals surface area contributed by atoms with E-state index in [9.17, 15) is 0 Å². The fourth-order valence-corrected chi connectivity index (χ4v) is 1.97. The zero-order valence-electron chi connectivity index (χ0n) is 11.1. The third kappa shape index (κ3) is 4.49. The topological polar surface area (TPSA) is 24.1 Å². The third-order valence-electron chi connectivity index (χ3n) is 3.47. The number of nitrogens with one attached hydrogen (secondary N) is 2. The molecule has 17 heavy (non-hydrogen) atoms. The van der Waals surface area contributed by atoms with Gasteiger partial charge in [-0.05, 0) is 56.3 Å². The molecular weight excluding hydrogens is 208 g/mol. The van der Waals surface area contributed by atoms with Crippen molar-refractivity contribution in [3.8, 4) is 0 Å². The largest absolute Gasteiger partial charge is 0.315 e. The Morgan fingerprint density at radius 3 is 2.59 bits per heavy atom. The smallest absolute Gasteiger partial charge is 0.00793 e. The highest BCUT2D eigenvalue weighted by Crippen LogP contribution is 2.17. The van der Waals surface area contributed by atoms with Gasteiger partial charge in [0.2, 0.25) is 0 Å². The maximum atomic E-state index is 3.51. The number of hydrogen-bond donors (Lipinski definition) is 2. The monoisotopic (exact) mass is 232 g/mol. The Kier molecular flexibility index (Phi) is 4.57. The van der Waals surface area contributed by atoms with Gasteiger partial charge >= 0.3 is 0 Å². The molecule has 0 atom stereocenters. The average molecular weight is 232 g/mol. The van der Waals surface area contributed by atoms with Crippen molar-refractivity contribution in [2.24, 2.45) is 0 Å². The highest BCUT2D eigenvalue weighted by molar-refractivity contribution is 5.29. The normalized spacial score (nSPS) is 15.2. The number of rotatable bonds is 7. The molecule has 2 nitrogen and oxygen atoms in total. The van der Waals surface area contributed by atoms with Crippen LogP contribution in [0.1, 0.15) is 29.5 Å². The second-order valence-electron chi connectivity index (χ2n) is 5.15. The molecule has 1 aliphatic carbocycles. The molecule has 0 unspecified atom stereocenters. The first-order valence-electron chi connectivity index (χ1n) is 6.76. The van der Waals surface area contributed by atoms with Gasteiger partial charge in [-0.15, -0.1) is 0 Å². The van der Waals surface area contributed by atoms with Crippen LogP contribution in [0, 0.1) is 13.8 Å². The van der Waals surface area contributed by atoms with Crippen molar-refractivity contribution in [3.05, 3.63) is 34.9 Å². The fourth-order valence-electron chi connectivity index (χ4n) is 1.97. The van der Waals surface area contributed by atoms with Crippen molar-refractivity contribution in [1.29, 1.82) is 0 Å². The van der Waals surface area contributed by atoms with E-state index in [4.69, 9.17) is 0 Å². The summed E-state index contributed by atoms with van der Waals surface area (Å²) in [5.74, 6) is 0. The molecule has 2 rings (SSSR count). The molecule has 1 fully saturated rings. The van der Waals surface area contributed by atoms with Crippen molar-refractivity contribution >= 4 is 0 Å². The van der Waals surface area contributed by atoms with Crippen LogP contribution in [0.2, 0.25) is 0 Å². The molecule has 1 saturated carbocycles. The first kappa shape index (κ1) is 12.6. The van der Waals surface area contributed by atoms with Gasteiger partial charge in [0.1, 0.15) is 0 Å². The van der Waals surface area contributed by atoms with Crippen molar-refractivity contribution in [2.75, 3.05) is 19.6 Å². The molecular formula is C15H24N2. The Morgan fingerprint density at radius 2 is 1.88 bits per heavy atom. The van der Waals surface area contributed by atoms with Crippen LogP contribution in [-0.4, -0.2) is 25.7 Å². The second-order valence-corrected chi connectivity index (χ2v) is 5.15. The van der Waals surface area contributed by atoms with E-state index in [1.807, 2.05) is 0 Å². The minimum Gasteiger partial charge on any atom is -0.315 e. The lowest BCUT2D eigenvalue weighted by molar-refractivity contribution is 0.609. The van der Waals surface area contributed by atoms with Gasteiger partial charge in [-0.25, -0.2) is 0 Å². The SMILES string of the molecule is Cc1ccc(CCNCCNC2CC2)cc1C. The van der Waals surface area contributed by atoms with Gasteiger partial charge in [0.25, 0.3) is 0 Å². The van der Waals surface area contributed by atoms with Crippen LogP contribution in [-0.2, 0) is 6.42 Å². The van der Waals surface area contributed by atoms with Gasteiger partial charge in [-0.2, -0.15) is 0 Å². The Balaban J connectivity index is 1.58. The molecule has 0 aromatic heterocycles. The number of aryl methyl sites for hydroxylation is 2. The molecule has 1 aromatic rings. The Bertz CT molecular complexity index is 356. The summed E-state index contributed by atoms with van der Waals surface area (Å²) in [6, 6.07) is 7.60. The molecule has 94 valence electrons. The van der Waals surface area contributed by atoms with Crippen molar-refractivity contribution in [1.82, 2.24) is 10.6 Å². The van der Waals surface area contributed by atoms with Crippen molar-refractivity contribution in [3.63, 3.8) is 0 Å². The molecule has 0 radical (unpaired) electrons. The molecule has 0 bridgehead atoms. The fraction of sp³-hybridized carbons (Fsp3) is 0.600. The first-order chi connectivity index (χ1) is 8.25. The molecule has 2 N–H and O–H groups in total. The van der Waals surface area contributed by atoms with Gasteiger partial charge < -0.3 is 10.6 Å². The van der Waals surface area contributed by atoms with E-state index in [1.54, 1.807) is 0 Å². The van der Waals surface area contributed by atoms with E-state index in [1.165, 1.54) is 29.5 Å². The van der Waals surface area contributed by atoms with Crippen LogP contribution in [0.25, 0.3) is 0 Å². The lowest BCUT2D eigenvalue weighted by atomic mass is 10.0. The van der Waals surface area contributed by atoms with Crippen LogP contribution >= 0.6 is 0 Å². The summed E-state index contributed by atoms with van der Waals surface area (Å²) < 4.78 is 0. The quantitative estimate of drug-likeness (QED) is 0.704.